The van der Waals surface area contributed by atoms with Crippen molar-refractivity contribution in [3.8, 4) is 5.75 Å². The number of ether oxygens (including phenoxy) is 2. The van der Waals surface area contributed by atoms with Crippen molar-refractivity contribution >= 4 is 12.3 Å². The first-order valence-corrected chi connectivity index (χ1v) is 5.45. The quantitative estimate of drug-likeness (QED) is 0.629. The van der Waals surface area contributed by atoms with Crippen molar-refractivity contribution in [3.05, 3.63) is 29.8 Å². The second-order valence-corrected chi connectivity index (χ2v) is 3.06. The van der Waals surface area contributed by atoms with Gasteiger partial charge in [0.15, 0.2) is 0 Å². The normalized spacial score (nSPS) is 10.2. The van der Waals surface area contributed by atoms with Gasteiger partial charge in [-0.25, -0.2) is 10.2 Å². The average Bonchev–Trinajstić information content (AvgIpc) is 2.32. The highest BCUT2D eigenvalue weighted by molar-refractivity contribution is 5.84. The van der Waals surface area contributed by atoms with E-state index in [1.165, 1.54) is 6.21 Å². The third-order valence-electron chi connectivity index (χ3n) is 1.85. The summed E-state index contributed by atoms with van der Waals surface area (Å²) in [5.74, 6) is 0.726. The van der Waals surface area contributed by atoms with Crippen LogP contribution < -0.4 is 10.2 Å². The molecule has 0 spiro atoms. The van der Waals surface area contributed by atoms with E-state index in [9.17, 15) is 4.79 Å². The standard InChI is InChI=1S/C12H16N2O3/c1-3-16-11-8-6-5-7-10(11)9-13-14-12(15)17-4-2/h5-9H,3-4H2,1-2H3,(H,14,15). The van der Waals surface area contributed by atoms with E-state index in [0.717, 1.165) is 11.3 Å². The number of nitrogens with one attached hydrogen (secondary N) is 1. The summed E-state index contributed by atoms with van der Waals surface area (Å²) in [7, 11) is 0. The molecule has 92 valence electrons. The fourth-order valence-corrected chi connectivity index (χ4v) is 1.19. The van der Waals surface area contributed by atoms with Gasteiger partial charge in [-0.3, -0.25) is 0 Å². The van der Waals surface area contributed by atoms with E-state index in [2.05, 4.69) is 15.3 Å². The Morgan fingerprint density at radius 2 is 2.12 bits per heavy atom. The van der Waals surface area contributed by atoms with E-state index < -0.39 is 6.09 Å². The summed E-state index contributed by atoms with van der Waals surface area (Å²) in [5.41, 5.74) is 3.05. The van der Waals surface area contributed by atoms with Crippen molar-refractivity contribution < 1.29 is 14.3 Å². The van der Waals surface area contributed by atoms with Crippen molar-refractivity contribution in [2.75, 3.05) is 13.2 Å². The zero-order chi connectivity index (χ0) is 12.5. The molecule has 1 amide bonds. The van der Waals surface area contributed by atoms with Gasteiger partial charge in [0, 0.05) is 5.56 Å². The number of amides is 1. The zero-order valence-electron chi connectivity index (χ0n) is 9.97. The molecular formula is C12H16N2O3. The van der Waals surface area contributed by atoms with Crippen LogP contribution >= 0.6 is 0 Å². The van der Waals surface area contributed by atoms with Gasteiger partial charge in [0.2, 0.25) is 0 Å². The molecule has 1 aromatic carbocycles. The number of benzene rings is 1. The number of carbonyl (C=O) groups is 1. The molecule has 1 aromatic rings. The Kier molecular flexibility index (Phi) is 5.57. The van der Waals surface area contributed by atoms with Crippen LogP contribution in [0.1, 0.15) is 19.4 Å². The smallest absolute Gasteiger partial charge is 0.427 e. The van der Waals surface area contributed by atoms with Gasteiger partial charge in [0.25, 0.3) is 0 Å². The van der Waals surface area contributed by atoms with Crippen molar-refractivity contribution in [2.45, 2.75) is 13.8 Å². The molecule has 0 radical (unpaired) electrons. The van der Waals surface area contributed by atoms with Gasteiger partial charge >= 0.3 is 6.09 Å². The van der Waals surface area contributed by atoms with Crippen LogP contribution in [0.4, 0.5) is 4.79 Å². The van der Waals surface area contributed by atoms with Crippen LogP contribution in [0.15, 0.2) is 29.4 Å². The van der Waals surface area contributed by atoms with Crippen LogP contribution in [-0.2, 0) is 4.74 Å². The van der Waals surface area contributed by atoms with Crippen molar-refractivity contribution in [1.29, 1.82) is 0 Å². The first-order chi connectivity index (χ1) is 8.27. The highest BCUT2D eigenvalue weighted by atomic mass is 16.5. The number of nitrogens with zero attached hydrogens (tertiary/aromatic N) is 1. The maximum atomic E-state index is 11.0. The molecule has 0 saturated heterocycles. The average molecular weight is 236 g/mol. The van der Waals surface area contributed by atoms with E-state index in [0.29, 0.717) is 13.2 Å². The maximum absolute atomic E-state index is 11.0. The molecule has 1 N–H and O–H groups in total. The molecule has 17 heavy (non-hydrogen) atoms. The van der Waals surface area contributed by atoms with Crippen molar-refractivity contribution in [3.63, 3.8) is 0 Å². The Hall–Kier alpha value is -2.04. The van der Waals surface area contributed by atoms with Crippen LogP contribution in [0, 0.1) is 0 Å². The molecule has 5 heteroatoms. The van der Waals surface area contributed by atoms with Crippen LogP contribution in [0.5, 0.6) is 5.75 Å². The molecule has 0 aliphatic rings. The Labute approximate surface area is 100 Å². The number of rotatable bonds is 5. The van der Waals surface area contributed by atoms with Gasteiger partial charge in [0.05, 0.1) is 19.4 Å². The van der Waals surface area contributed by atoms with Crippen molar-refractivity contribution in [2.24, 2.45) is 5.10 Å². The predicted molar refractivity (Wildman–Crippen MR) is 65.4 cm³/mol. The van der Waals surface area contributed by atoms with Gasteiger partial charge in [-0.05, 0) is 26.0 Å². The molecule has 0 atom stereocenters. The molecule has 0 aliphatic heterocycles. The Morgan fingerprint density at radius 1 is 1.35 bits per heavy atom. The van der Waals surface area contributed by atoms with Gasteiger partial charge in [-0.1, -0.05) is 12.1 Å². The van der Waals surface area contributed by atoms with Crippen LogP contribution in [0.2, 0.25) is 0 Å². The minimum atomic E-state index is -0.572. The molecule has 0 aliphatic carbocycles. The number of hydrazone groups is 1. The summed E-state index contributed by atoms with van der Waals surface area (Å²) >= 11 is 0. The molecule has 0 unspecified atom stereocenters. The highest BCUT2D eigenvalue weighted by Crippen LogP contribution is 2.15. The predicted octanol–water partition coefficient (Wildman–Crippen LogP) is 2.17. The topological polar surface area (TPSA) is 59.9 Å². The van der Waals surface area contributed by atoms with E-state index >= 15 is 0 Å². The summed E-state index contributed by atoms with van der Waals surface area (Å²) in [4.78, 5) is 11.0. The summed E-state index contributed by atoms with van der Waals surface area (Å²) in [5, 5.41) is 3.77. The number of para-hydroxylation sites is 1. The van der Waals surface area contributed by atoms with Crippen LogP contribution in [0.3, 0.4) is 0 Å². The lowest BCUT2D eigenvalue weighted by molar-refractivity contribution is 0.152. The molecule has 0 fully saturated rings. The lowest BCUT2D eigenvalue weighted by Gasteiger charge is -2.05. The molecule has 0 bridgehead atoms. The molecular weight excluding hydrogens is 220 g/mol. The van der Waals surface area contributed by atoms with Crippen LogP contribution in [-0.4, -0.2) is 25.5 Å². The minimum Gasteiger partial charge on any atom is -0.493 e. The summed E-state index contributed by atoms with van der Waals surface area (Å²) in [6.07, 6.45) is 0.944. The first kappa shape index (κ1) is 13.0. The SMILES string of the molecule is CCOC(=O)NN=Cc1ccccc1OCC. The number of hydrogen-bond donors (Lipinski definition) is 1. The second kappa shape index (κ2) is 7.27. The fourth-order valence-electron chi connectivity index (χ4n) is 1.19. The summed E-state index contributed by atoms with van der Waals surface area (Å²) in [6, 6.07) is 7.44. The molecule has 1 rings (SSSR count). The first-order valence-electron chi connectivity index (χ1n) is 5.45. The van der Waals surface area contributed by atoms with E-state index in [1.807, 2.05) is 31.2 Å². The van der Waals surface area contributed by atoms with Gasteiger partial charge in [-0.15, -0.1) is 0 Å². The third kappa shape index (κ3) is 4.55. The van der Waals surface area contributed by atoms with Crippen LogP contribution in [0.25, 0.3) is 0 Å². The second-order valence-electron chi connectivity index (χ2n) is 3.06. The third-order valence-corrected chi connectivity index (χ3v) is 1.85. The van der Waals surface area contributed by atoms with Gasteiger partial charge in [0.1, 0.15) is 5.75 Å². The molecule has 0 heterocycles. The fraction of sp³-hybridized carbons (Fsp3) is 0.333. The molecule has 5 nitrogen and oxygen atoms in total. The van der Waals surface area contributed by atoms with Gasteiger partial charge in [-0.2, -0.15) is 5.10 Å². The Bertz CT molecular complexity index is 391. The lowest BCUT2D eigenvalue weighted by Crippen LogP contribution is -2.18. The van der Waals surface area contributed by atoms with Gasteiger partial charge < -0.3 is 9.47 Å². The largest absolute Gasteiger partial charge is 0.493 e. The van der Waals surface area contributed by atoms with E-state index in [4.69, 9.17) is 4.74 Å². The number of carbonyl (C=O) groups excluding carboxylic acids is 1. The van der Waals surface area contributed by atoms with E-state index in [1.54, 1.807) is 6.92 Å². The van der Waals surface area contributed by atoms with Crippen molar-refractivity contribution in [1.82, 2.24) is 5.43 Å². The summed E-state index contributed by atoms with van der Waals surface area (Å²) in [6.45, 7) is 4.53. The minimum absolute atomic E-state index is 0.316. The summed E-state index contributed by atoms with van der Waals surface area (Å²) < 4.78 is 10.1. The number of hydrogen-bond acceptors (Lipinski definition) is 4. The Balaban J connectivity index is 2.61. The Morgan fingerprint density at radius 3 is 2.82 bits per heavy atom. The zero-order valence-corrected chi connectivity index (χ0v) is 9.97. The highest BCUT2D eigenvalue weighted by Gasteiger charge is 2.00. The monoisotopic (exact) mass is 236 g/mol. The molecule has 0 saturated carbocycles. The molecule has 0 aromatic heterocycles. The van der Waals surface area contributed by atoms with E-state index in [-0.39, 0.29) is 0 Å². The lowest BCUT2D eigenvalue weighted by atomic mass is 10.2. The maximum Gasteiger partial charge on any atom is 0.427 e.